The molecular formula is C9H17NOS. The third-order valence-electron chi connectivity index (χ3n) is 2.48. The van der Waals surface area contributed by atoms with E-state index in [1.54, 1.807) is 0 Å². The van der Waals surface area contributed by atoms with Gasteiger partial charge in [0.1, 0.15) is 0 Å². The molecule has 1 heterocycles. The zero-order chi connectivity index (χ0) is 9.14. The maximum absolute atomic E-state index is 8.93. The lowest BCUT2D eigenvalue weighted by molar-refractivity contribution is 0.238. The molecule has 0 spiro atoms. The second-order valence-corrected chi connectivity index (χ2v) is 4.14. The van der Waals surface area contributed by atoms with Gasteiger partial charge in [-0.3, -0.25) is 4.90 Å². The summed E-state index contributed by atoms with van der Waals surface area (Å²) < 4.78 is 0. The highest BCUT2D eigenvalue weighted by Crippen LogP contribution is 2.20. The molecule has 70 valence electrons. The van der Waals surface area contributed by atoms with Crippen LogP contribution in [0, 0.1) is 0 Å². The second-order valence-electron chi connectivity index (χ2n) is 3.61. The first-order chi connectivity index (χ1) is 5.66. The highest BCUT2D eigenvalue weighted by Gasteiger charge is 2.28. The van der Waals surface area contributed by atoms with Crippen molar-refractivity contribution in [3.8, 4) is 0 Å². The first kappa shape index (κ1) is 10.1. The second kappa shape index (κ2) is 4.30. The molecule has 1 atom stereocenters. The van der Waals surface area contributed by atoms with Gasteiger partial charge in [-0.25, -0.2) is 0 Å². The van der Waals surface area contributed by atoms with Crippen LogP contribution in [-0.2, 0) is 0 Å². The minimum absolute atomic E-state index is 0.0588. The molecule has 1 fully saturated rings. The molecule has 1 aliphatic heterocycles. The molecule has 1 saturated heterocycles. The van der Waals surface area contributed by atoms with Gasteiger partial charge in [0.15, 0.2) is 0 Å². The minimum Gasteiger partial charge on any atom is -0.391 e. The molecule has 0 aromatic rings. The number of nitrogens with zero attached hydrogens (tertiary/aromatic N) is 1. The first-order valence-corrected chi connectivity index (χ1v) is 4.97. The van der Waals surface area contributed by atoms with E-state index in [2.05, 4.69) is 18.7 Å². The van der Waals surface area contributed by atoms with E-state index in [0.717, 1.165) is 17.8 Å². The third kappa shape index (κ3) is 2.03. The summed E-state index contributed by atoms with van der Waals surface area (Å²) in [5.74, 6) is 0. The number of aliphatic hydroxyl groups is 1. The Bertz CT molecular complexity index is 170. The summed E-state index contributed by atoms with van der Waals surface area (Å²) in [5.41, 5.74) is 0. The lowest BCUT2D eigenvalue weighted by Gasteiger charge is -2.28. The van der Waals surface area contributed by atoms with Crippen molar-refractivity contribution in [2.24, 2.45) is 0 Å². The minimum atomic E-state index is 0.0588. The van der Waals surface area contributed by atoms with E-state index in [4.69, 9.17) is 17.3 Å². The summed E-state index contributed by atoms with van der Waals surface area (Å²) in [7, 11) is 0. The van der Waals surface area contributed by atoms with E-state index < -0.39 is 0 Å². The molecule has 0 saturated carbocycles. The average molecular weight is 187 g/mol. The lowest BCUT2D eigenvalue weighted by atomic mass is 10.1. The number of aliphatic hydroxyl groups excluding tert-OH is 1. The van der Waals surface area contributed by atoms with Crippen molar-refractivity contribution in [1.82, 2.24) is 4.90 Å². The number of thiocarbonyl (C=S) groups is 1. The molecule has 1 N–H and O–H groups in total. The van der Waals surface area contributed by atoms with Crippen LogP contribution in [0.1, 0.15) is 26.7 Å². The van der Waals surface area contributed by atoms with Crippen LogP contribution in [-0.4, -0.2) is 40.1 Å². The van der Waals surface area contributed by atoms with E-state index in [1.165, 1.54) is 6.42 Å². The Morgan fingerprint density at radius 2 is 2.33 bits per heavy atom. The maximum atomic E-state index is 8.93. The fraction of sp³-hybridized carbons (Fsp3) is 0.889. The van der Waals surface area contributed by atoms with Crippen LogP contribution < -0.4 is 0 Å². The zero-order valence-electron chi connectivity index (χ0n) is 7.79. The van der Waals surface area contributed by atoms with Crippen LogP contribution in [0.4, 0.5) is 0 Å². The van der Waals surface area contributed by atoms with Crippen molar-refractivity contribution in [3.63, 3.8) is 0 Å². The van der Waals surface area contributed by atoms with E-state index in [-0.39, 0.29) is 6.61 Å². The van der Waals surface area contributed by atoms with Gasteiger partial charge in [0.2, 0.25) is 0 Å². The van der Waals surface area contributed by atoms with Crippen molar-refractivity contribution in [2.75, 3.05) is 13.2 Å². The Balaban J connectivity index is 2.57. The van der Waals surface area contributed by atoms with Crippen LogP contribution in [0.2, 0.25) is 0 Å². The number of hydrogen-bond acceptors (Lipinski definition) is 3. The Kier molecular flexibility index (Phi) is 3.62. The van der Waals surface area contributed by atoms with Gasteiger partial charge in [0.05, 0.1) is 6.61 Å². The Morgan fingerprint density at radius 1 is 1.67 bits per heavy atom. The van der Waals surface area contributed by atoms with Gasteiger partial charge in [-0.05, 0) is 33.2 Å². The van der Waals surface area contributed by atoms with Crippen LogP contribution in [0.25, 0.3) is 0 Å². The van der Waals surface area contributed by atoms with E-state index in [9.17, 15) is 0 Å². The van der Waals surface area contributed by atoms with Crippen molar-refractivity contribution in [2.45, 2.75) is 38.8 Å². The third-order valence-corrected chi connectivity index (χ3v) is 2.89. The van der Waals surface area contributed by atoms with Crippen LogP contribution in [0.15, 0.2) is 0 Å². The summed E-state index contributed by atoms with van der Waals surface area (Å²) in [5, 5.41) is 8.93. The summed E-state index contributed by atoms with van der Waals surface area (Å²) in [6, 6.07) is 0.895. The quantitative estimate of drug-likeness (QED) is 0.672. The molecule has 0 aromatic heterocycles. The van der Waals surface area contributed by atoms with Gasteiger partial charge in [0, 0.05) is 16.9 Å². The molecule has 0 amide bonds. The van der Waals surface area contributed by atoms with Crippen molar-refractivity contribution >= 4 is 17.1 Å². The first-order valence-electron chi connectivity index (χ1n) is 4.56. The fourth-order valence-corrected chi connectivity index (χ4v) is 2.11. The molecular weight excluding hydrogens is 170 g/mol. The summed E-state index contributed by atoms with van der Waals surface area (Å²) in [6.07, 6.45) is 2.33. The van der Waals surface area contributed by atoms with Gasteiger partial charge in [-0.1, -0.05) is 12.2 Å². The lowest BCUT2D eigenvalue weighted by Crippen LogP contribution is -2.40. The molecule has 1 aliphatic rings. The summed E-state index contributed by atoms with van der Waals surface area (Å²) in [4.78, 5) is 3.18. The van der Waals surface area contributed by atoms with Gasteiger partial charge in [-0.2, -0.15) is 0 Å². The summed E-state index contributed by atoms with van der Waals surface area (Å²) >= 11 is 5.12. The normalized spacial score (nSPS) is 25.2. The molecule has 12 heavy (non-hydrogen) atoms. The molecule has 0 radical (unpaired) electrons. The fourth-order valence-electron chi connectivity index (χ4n) is 1.86. The average Bonchev–Trinajstić information content (AvgIpc) is 2.50. The van der Waals surface area contributed by atoms with Crippen molar-refractivity contribution in [1.29, 1.82) is 0 Å². The standard InChI is InChI=1S/C9H17NOS/c1-7(2)10-5-3-4-8(10)9(12)6-11/h7-8,11H,3-6H2,1-2H3/t8-/m0/s1. The van der Waals surface area contributed by atoms with Gasteiger partial charge in [-0.15, -0.1) is 0 Å². The monoisotopic (exact) mass is 187 g/mol. The Hall–Kier alpha value is 0.01000. The number of rotatable bonds is 3. The summed E-state index contributed by atoms with van der Waals surface area (Å²) in [6.45, 7) is 5.54. The van der Waals surface area contributed by atoms with Gasteiger partial charge < -0.3 is 5.11 Å². The molecule has 0 unspecified atom stereocenters. The van der Waals surface area contributed by atoms with Gasteiger partial charge in [0.25, 0.3) is 0 Å². The SMILES string of the molecule is CC(C)N1CCC[C@H]1C(=S)CO. The molecule has 3 heteroatoms. The Labute approximate surface area is 79.6 Å². The van der Waals surface area contributed by atoms with E-state index in [0.29, 0.717) is 12.1 Å². The predicted octanol–water partition coefficient (Wildman–Crippen LogP) is 1.22. The largest absolute Gasteiger partial charge is 0.391 e. The highest BCUT2D eigenvalue weighted by atomic mass is 32.1. The zero-order valence-corrected chi connectivity index (χ0v) is 8.60. The van der Waals surface area contributed by atoms with E-state index in [1.807, 2.05) is 0 Å². The predicted molar refractivity (Wildman–Crippen MR) is 54.5 cm³/mol. The highest BCUT2D eigenvalue weighted by molar-refractivity contribution is 7.80. The van der Waals surface area contributed by atoms with E-state index >= 15 is 0 Å². The molecule has 1 rings (SSSR count). The molecule has 2 nitrogen and oxygen atoms in total. The van der Waals surface area contributed by atoms with Crippen LogP contribution >= 0.6 is 12.2 Å². The van der Waals surface area contributed by atoms with Crippen molar-refractivity contribution in [3.05, 3.63) is 0 Å². The molecule has 0 aliphatic carbocycles. The van der Waals surface area contributed by atoms with Gasteiger partial charge >= 0.3 is 0 Å². The van der Waals surface area contributed by atoms with Crippen molar-refractivity contribution < 1.29 is 5.11 Å². The number of likely N-dealkylation sites (tertiary alicyclic amines) is 1. The van der Waals surface area contributed by atoms with Crippen LogP contribution in [0.3, 0.4) is 0 Å². The smallest absolute Gasteiger partial charge is 0.0760 e. The Morgan fingerprint density at radius 3 is 2.83 bits per heavy atom. The van der Waals surface area contributed by atoms with Crippen LogP contribution in [0.5, 0.6) is 0 Å². The number of hydrogen-bond donors (Lipinski definition) is 1. The maximum Gasteiger partial charge on any atom is 0.0760 e. The topological polar surface area (TPSA) is 23.5 Å². The molecule has 0 bridgehead atoms. The molecule has 0 aromatic carbocycles.